The van der Waals surface area contributed by atoms with Crippen molar-refractivity contribution in [2.75, 3.05) is 13.2 Å². The molecular weight excluding hydrogens is 701 g/mol. The molecule has 0 heterocycles. The van der Waals surface area contributed by atoms with Crippen LogP contribution in [0.5, 0.6) is 0 Å². The number of rotatable bonds is 18. The predicted molar refractivity (Wildman–Crippen MR) is 224 cm³/mol. The van der Waals surface area contributed by atoms with Crippen LogP contribution in [-0.4, -0.2) is 54.9 Å². The summed E-state index contributed by atoms with van der Waals surface area (Å²) < 4.78 is 23.8. The quantitative estimate of drug-likeness (QED) is 0.0901. The van der Waals surface area contributed by atoms with Gasteiger partial charge in [0, 0.05) is 0 Å². The number of aliphatic hydroxyl groups excluding tert-OH is 1. The van der Waals surface area contributed by atoms with Crippen LogP contribution in [0.1, 0.15) is 181 Å². The van der Waals surface area contributed by atoms with E-state index < -0.39 is 0 Å². The summed E-state index contributed by atoms with van der Waals surface area (Å²) in [4.78, 5) is 25.2. The van der Waals surface area contributed by atoms with Gasteiger partial charge in [0.25, 0.3) is 0 Å². The number of carbonyl (C=O) groups is 2. The third-order valence-electron chi connectivity index (χ3n) is 14.6. The lowest BCUT2D eigenvalue weighted by Gasteiger charge is -2.41. The summed E-state index contributed by atoms with van der Waals surface area (Å²) in [7, 11) is 0. The first kappa shape index (κ1) is 45.1. The van der Waals surface area contributed by atoms with Crippen LogP contribution in [0.3, 0.4) is 0 Å². The van der Waals surface area contributed by atoms with Crippen LogP contribution < -0.4 is 0 Å². The molecule has 0 bridgehead atoms. The molecule has 7 heteroatoms. The van der Waals surface area contributed by atoms with Crippen LogP contribution in [0, 0.1) is 41.4 Å². The first-order valence-electron chi connectivity index (χ1n) is 23.3. The molecule has 0 spiro atoms. The van der Waals surface area contributed by atoms with Crippen molar-refractivity contribution >= 4 is 11.9 Å². The highest BCUT2D eigenvalue weighted by molar-refractivity contribution is 5.73. The van der Waals surface area contributed by atoms with Gasteiger partial charge in [-0.25, -0.2) is 0 Å². The number of benzene rings is 1. The van der Waals surface area contributed by atoms with Crippen LogP contribution in [0.25, 0.3) is 0 Å². The second-order valence-electron chi connectivity index (χ2n) is 19.7. The van der Waals surface area contributed by atoms with E-state index in [-0.39, 0.29) is 60.9 Å². The third-order valence-corrected chi connectivity index (χ3v) is 14.6. The maximum atomic E-state index is 12.8. The Morgan fingerprint density at radius 2 is 1.30 bits per heavy atom. The van der Waals surface area contributed by atoms with Gasteiger partial charge in [-0.3, -0.25) is 9.59 Å². The van der Waals surface area contributed by atoms with Crippen molar-refractivity contribution in [2.45, 2.75) is 206 Å². The molecule has 4 aliphatic carbocycles. The number of esters is 2. The maximum absolute atomic E-state index is 12.8. The van der Waals surface area contributed by atoms with Gasteiger partial charge in [-0.2, -0.15) is 0 Å². The Morgan fingerprint density at radius 1 is 0.714 bits per heavy atom. The van der Waals surface area contributed by atoms with Gasteiger partial charge >= 0.3 is 11.9 Å². The topological polar surface area (TPSA) is 91.3 Å². The molecule has 0 aliphatic heterocycles. The monoisotopic (exact) mass is 781 g/mol. The molecule has 5 rings (SSSR count). The molecule has 0 aromatic heterocycles. The van der Waals surface area contributed by atoms with Gasteiger partial charge in [0.15, 0.2) is 6.29 Å². The molecule has 4 aliphatic rings. The van der Waals surface area contributed by atoms with Crippen molar-refractivity contribution in [3.63, 3.8) is 0 Å². The molecular formula is C49H80O7. The minimum absolute atomic E-state index is 0.0825. The summed E-state index contributed by atoms with van der Waals surface area (Å²) in [5, 5.41) is 10.4. The summed E-state index contributed by atoms with van der Waals surface area (Å²) in [5.41, 5.74) is 2.30. The second-order valence-corrected chi connectivity index (χ2v) is 19.7. The summed E-state index contributed by atoms with van der Waals surface area (Å²) in [6, 6.07) is 8.22. The fraction of sp³-hybridized carbons (Fsp3) is 0.837. The van der Waals surface area contributed by atoms with E-state index in [0.717, 1.165) is 86.5 Å². The van der Waals surface area contributed by atoms with Crippen LogP contribution in [0.15, 0.2) is 24.3 Å². The van der Waals surface area contributed by atoms with Crippen molar-refractivity contribution in [1.82, 2.24) is 0 Å². The van der Waals surface area contributed by atoms with Gasteiger partial charge in [-0.05, 0) is 162 Å². The van der Waals surface area contributed by atoms with Crippen molar-refractivity contribution in [3.05, 3.63) is 35.4 Å². The predicted octanol–water partition coefficient (Wildman–Crippen LogP) is 11.3. The molecule has 318 valence electrons. The molecule has 1 N–H and O–H groups in total. The standard InChI is InChI=1S/C49H80O7/c1-7-37(39-19-27-45(28-20-39)55-35(3)53-29-30-54-47(51)32-36-13-21-43(22-14-36)49(4,5)6)33-42(40-15-23-44(50)24-16-40)31-34(2)38-17-25-46(26-18-38)56-48(52)41-11-9-8-10-12-41/h13-14,21-22,34-35,37-42,44-46,50H,7-12,15-20,23-33H2,1-6H3. The Bertz CT molecular complexity index is 1270. The Labute approximate surface area is 341 Å². The summed E-state index contributed by atoms with van der Waals surface area (Å²) >= 11 is 0. The molecule has 7 nitrogen and oxygen atoms in total. The summed E-state index contributed by atoms with van der Waals surface area (Å²) in [5.74, 6) is 4.30. The molecule has 0 saturated heterocycles. The third kappa shape index (κ3) is 14.4. The molecule has 4 unspecified atom stereocenters. The van der Waals surface area contributed by atoms with Gasteiger partial charge < -0.3 is 24.1 Å². The van der Waals surface area contributed by atoms with Crippen LogP contribution in [0.2, 0.25) is 0 Å². The van der Waals surface area contributed by atoms with Gasteiger partial charge in [0.05, 0.1) is 31.2 Å². The van der Waals surface area contributed by atoms with E-state index in [9.17, 15) is 14.7 Å². The fourth-order valence-electron chi connectivity index (χ4n) is 10.9. The molecule has 0 amide bonds. The average Bonchev–Trinajstić information content (AvgIpc) is 3.19. The SMILES string of the molecule is CCC(CC(CC(C)C1CCC(OC(=O)C2CCCCC2)CC1)C1CCC(O)CC1)C1CCC(OC(C)OCCOC(=O)Cc2ccc(C(C)(C)C)cc2)CC1. The van der Waals surface area contributed by atoms with E-state index in [2.05, 4.69) is 46.8 Å². The Balaban J connectivity index is 1.01. The van der Waals surface area contributed by atoms with E-state index in [1.807, 2.05) is 19.1 Å². The molecule has 1 aromatic carbocycles. The minimum atomic E-state index is -0.325. The number of hydrogen-bond acceptors (Lipinski definition) is 7. The van der Waals surface area contributed by atoms with Crippen LogP contribution in [-0.2, 0) is 40.4 Å². The van der Waals surface area contributed by atoms with Crippen molar-refractivity contribution < 1.29 is 33.6 Å². The highest BCUT2D eigenvalue weighted by Gasteiger charge is 2.36. The van der Waals surface area contributed by atoms with E-state index in [1.165, 1.54) is 82.6 Å². The van der Waals surface area contributed by atoms with Gasteiger partial charge in [0.1, 0.15) is 12.7 Å². The van der Waals surface area contributed by atoms with Gasteiger partial charge in [-0.15, -0.1) is 0 Å². The Kier molecular flexibility index (Phi) is 18.1. The molecule has 4 saturated carbocycles. The van der Waals surface area contributed by atoms with Crippen molar-refractivity contribution in [2.24, 2.45) is 41.4 Å². The zero-order valence-electron chi connectivity index (χ0n) is 36.3. The smallest absolute Gasteiger partial charge is 0.310 e. The number of aliphatic hydroxyl groups is 1. The van der Waals surface area contributed by atoms with Crippen molar-refractivity contribution in [1.29, 1.82) is 0 Å². The Hall–Kier alpha value is -1.96. The van der Waals surface area contributed by atoms with E-state index in [4.69, 9.17) is 18.9 Å². The molecule has 4 atom stereocenters. The average molecular weight is 781 g/mol. The van der Waals surface area contributed by atoms with Crippen LogP contribution >= 0.6 is 0 Å². The zero-order chi connectivity index (χ0) is 40.1. The second kappa shape index (κ2) is 22.4. The maximum Gasteiger partial charge on any atom is 0.310 e. The summed E-state index contributed by atoms with van der Waals surface area (Å²) in [6.07, 6.45) is 22.9. The van der Waals surface area contributed by atoms with E-state index in [1.54, 1.807) is 0 Å². The number of ether oxygens (including phenoxy) is 4. The molecule has 0 radical (unpaired) electrons. The highest BCUT2D eigenvalue weighted by atomic mass is 16.7. The molecule has 56 heavy (non-hydrogen) atoms. The highest BCUT2D eigenvalue weighted by Crippen LogP contribution is 2.45. The first-order chi connectivity index (χ1) is 26.9. The van der Waals surface area contributed by atoms with Crippen molar-refractivity contribution in [3.8, 4) is 0 Å². The Morgan fingerprint density at radius 3 is 1.93 bits per heavy atom. The zero-order valence-corrected chi connectivity index (χ0v) is 36.3. The normalized spacial score (nSPS) is 28.8. The molecule has 1 aromatic rings. The lowest BCUT2D eigenvalue weighted by atomic mass is 9.66. The minimum Gasteiger partial charge on any atom is -0.463 e. The molecule has 4 fully saturated rings. The number of hydrogen-bond donors (Lipinski definition) is 1. The first-order valence-corrected chi connectivity index (χ1v) is 23.3. The lowest BCUT2D eigenvalue weighted by Crippen LogP contribution is -2.33. The van der Waals surface area contributed by atoms with E-state index in [0.29, 0.717) is 12.5 Å². The van der Waals surface area contributed by atoms with E-state index >= 15 is 0 Å². The summed E-state index contributed by atoms with van der Waals surface area (Å²) in [6.45, 7) is 14.0. The fourth-order valence-corrected chi connectivity index (χ4v) is 10.9. The number of carbonyl (C=O) groups excluding carboxylic acids is 2. The van der Waals surface area contributed by atoms with Crippen LogP contribution in [0.4, 0.5) is 0 Å². The van der Waals surface area contributed by atoms with Gasteiger partial charge in [0.2, 0.25) is 0 Å². The lowest BCUT2D eigenvalue weighted by molar-refractivity contribution is -0.178. The van der Waals surface area contributed by atoms with Gasteiger partial charge in [-0.1, -0.05) is 84.6 Å². The largest absolute Gasteiger partial charge is 0.463 e.